The van der Waals surface area contributed by atoms with Crippen LogP contribution in [0.4, 0.5) is 24.8 Å². The molecule has 0 aliphatic carbocycles. The summed E-state index contributed by atoms with van der Waals surface area (Å²) in [5, 5.41) is 0. The topological polar surface area (TPSA) is 44.6 Å². The zero-order valence-electron chi connectivity index (χ0n) is 21.3. The third-order valence-corrected chi connectivity index (χ3v) is 7.63. The van der Waals surface area contributed by atoms with E-state index in [4.69, 9.17) is 4.98 Å². The molecule has 2 aliphatic heterocycles. The van der Waals surface area contributed by atoms with Crippen molar-refractivity contribution in [2.45, 2.75) is 45.3 Å². The molecule has 0 N–H and O–H groups in total. The number of piperidine rings is 1. The molecular formula is C28H34F3N5O. The van der Waals surface area contributed by atoms with Crippen molar-refractivity contribution >= 4 is 28.6 Å². The number of hydrogen-bond acceptors (Lipinski definition) is 4. The minimum atomic E-state index is -4.36. The summed E-state index contributed by atoms with van der Waals surface area (Å²) in [5.74, 6) is 1.14. The van der Waals surface area contributed by atoms with E-state index < -0.39 is 11.7 Å². The van der Waals surface area contributed by atoms with Crippen LogP contribution in [0.2, 0.25) is 0 Å². The van der Waals surface area contributed by atoms with Crippen molar-refractivity contribution in [3.8, 4) is 0 Å². The number of anilines is 2. The smallest absolute Gasteiger partial charge is 0.368 e. The summed E-state index contributed by atoms with van der Waals surface area (Å²) in [6, 6.07) is 13.7. The second kappa shape index (κ2) is 10.6. The summed E-state index contributed by atoms with van der Waals surface area (Å²) in [4.78, 5) is 24.4. The van der Waals surface area contributed by atoms with Gasteiger partial charge in [0.05, 0.1) is 16.6 Å². The summed E-state index contributed by atoms with van der Waals surface area (Å²) in [6.07, 6.45) is -0.589. The van der Waals surface area contributed by atoms with Gasteiger partial charge >= 0.3 is 6.18 Å². The number of imidazole rings is 1. The van der Waals surface area contributed by atoms with Crippen LogP contribution in [0, 0.1) is 5.92 Å². The van der Waals surface area contributed by atoms with Gasteiger partial charge in [-0.1, -0.05) is 31.5 Å². The lowest BCUT2D eigenvalue weighted by molar-refractivity contribution is -0.137. The van der Waals surface area contributed by atoms with E-state index in [-0.39, 0.29) is 11.8 Å². The fraction of sp³-hybridized carbons (Fsp3) is 0.500. The van der Waals surface area contributed by atoms with Crippen LogP contribution < -0.4 is 9.80 Å². The number of unbranched alkanes of at least 4 members (excludes halogenated alkanes) is 1. The van der Waals surface area contributed by atoms with E-state index in [0.717, 1.165) is 68.4 Å². The molecule has 9 heteroatoms. The predicted molar refractivity (Wildman–Crippen MR) is 140 cm³/mol. The number of rotatable bonds is 6. The molecule has 1 amide bonds. The van der Waals surface area contributed by atoms with Crippen molar-refractivity contribution in [2.24, 2.45) is 5.92 Å². The molecule has 0 unspecified atom stereocenters. The molecule has 2 fully saturated rings. The molecule has 3 heterocycles. The molecule has 37 heavy (non-hydrogen) atoms. The first-order valence-corrected chi connectivity index (χ1v) is 13.3. The van der Waals surface area contributed by atoms with Crippen molar-refractivity contribution < 1.29 is 18.0 Å². The van der Waals surface area contributed by atoms with E-state index in [1.807, 2.05) is 21.9 Å². The number of carbonyl (C=O) groups is 1. The highest BCUT2D eigenvalue weighted by Gasteiger charge is 2.33. The van der Waals surface area contributed by atoms with Crippen LogP contribution in [-0.2, 0) is 17.5 Å². The molecule has 2 aromatic carbocycles. The highest BCUT2D eigenvalue weighted by Crippen LogP contribution is 2.32. The maximum Gasteiger partial charge on any atom is 0.416 e. The Balaban J connectivity index is 1.18. The average Bonchev–Trinajstić information content (AvgIpc) is 3.30. The molecule has 3 aromatic rings. The number of fused-ring (bicyclic) bond motifs is 1. The van der Waals surface area contributed by atoms with Gasteiger partial charge in [0.2, 0.25) is 11.9 Å². The SMILES string of the molecule is CCCCn1c(N2CCC(C(=O)N3CCN(c4cccc(C(F)(F)F)c4)CC3)CC2)nc2ccccc21. The minimum absolute atomic E-state index is 0.0233. The van der Waals surface area contributed by atoms with Crippen molar-refractivity contribution in [3.05, 3.63) is 54.1 Å². The number of nitrogens with zero attached hydrogens (tertiary/aromatic N) is 5. The van der Waals surface area contributed by atoms with Gasteiger partial charge in [-0.3, -0.25) is 4.79 Å². The Morgan fingerprint density at radius 3 is 2.38 bits per heavy atom. The van der Waals surface area contributed by atoms with Crippen LogP contribution in [0.5, 0.6) is 0 Å². The zero-order chi connectivity index (χ0) is 26.0. The Hall–Kier alpha value is -3.23. The van der Waals surface area contributed by atoms with Crippen LogP contribution in [0.15, 0.2) is 48.5 Å². The molecule has 0 atom stereocenters. The molecule has 6 nitrogen and oxygen atoms in total. The second-order valence-electron chi connectivity index (χ2n) is 10.0. The third-order valence-electron chi connectivity index (χ3n) is 7.63. The van der Waals surface area contributed by atoms with E-state index in [1.165, 1.54) is 12.1 Å². The molecule has 2 aliphatic rings. The Kier molecular flexibility index (Phi) is 7.31. The maximum atomic E-state index is 13.3. The highest BCUT2D eigenvalue weighted by molar-refractivity contribution is 5.80. The lowest BCUT2D eigenvalue weighted by Gasteiger charge is -2.39. The number of halogens is 3. The number of alkyl halides is 3. The number of aromatic nitrogens is 2. The van der Waals surface area contributed by atoms with Gasteiger partial charge in [0.15, 0.2) is 0 Å². The van der Waals surface area contributed by atoms with Crippen molar-refractivity contribution in [1.29, 1.82) is 0 Å². The van der Waals surface area contributed by atoms with Gasteiger partial charge in [-0.25, -0.2) is 4.98 Å². The first-order valence-electron chi connectivity index (χ1n) is 13.3. The summed E-state index contributed by atoms with van der Waals surface area (Å²) in [5.41, 5.74) is 2.08. The largest absolute Gasteiger partial charge is 0.416 e. The molecule has 0 saturated carbocycles. The third kappa shape index (κ3) is 5.40. The number of benzene rings is 2. The van der Waals surface area contributed by atoms with Gasteiger partial charge in [-0.05, 0) is 49.6 Å². The lowest BCUT2D eigenvalue weighted by atomic mass is 9.95. The second-order valence-corrected chi connectivity index (χ2v) is 10.0. The van der Waals surface area contributed by atoms with E-state index in [0.29, 0.717) is 31.9 Å². The molecule has 0 bridgehead atoms. The molecule has 198 valence electrons. The number of para-hydroxylation sites is 2. The summed E-state index contributed by atoms with van der Waals surface area (Å²) >= 11 is 0. The van der Waals surface area contributed by atoms with Gasteiger partial charge in [-0.15, -0.1) is 0 Å². The number of carbonyl (C=O) groups excluding carboxylic acids is 1. The maximum absolute atomic E-state index is 13.3. The van der Waals surface area contributed by atoms with Gasteiger partial charge in [0.25, 0.3) is 0 Å². The normalized spacial score (nSPS) is 17.6. The monoisotopic (exact) mass is 513 g/mol. The first-order chi connectivity index (χ1) is 17.8. The molecule has 1 aromatic heterocycles. The van der Waals surface area contributed by atoms with Crippen molar-refractivity contribution in [1.82, 2.24) is 14.5 Å². The van der Waals surface area contributed by atoms with Crippen LogP contribution in [0.25, 0.3) is 11.0 Å². The predicted octanol–water partition coefficient (Wildman–Crippen LogP) is 5.42. The Labute approximate surface area is 215 Å². The van der Waals surface area contributed by atoms with E-state index in [1.54, 1.807) is 6.07 Å². The average molecular weight is 514 g/mol. The van der Waals surface area contributed by atoms with Gasteiger partial charge in [0, 0.05) is 57.4 Å². The Morgan fingerprint density at radius 1 is 0.946 bits per heavy atom. The summed E-state index contributed by atoms with van der Waals surface area (Å²) in [7, 11) is 0. The fourth-order valence-corrected chi connectivity index (χ4v) is 5.49. The fourth-order valence-electron chi connectivity index (χ4n) is 5.49. The molecule has 0 radical (unpaired) electrons. The van der Waals surface area contributed by atoms with Crippen LogP contribution in [0.3, 0.4) is 0 Å². The molecule has 0 spiro atoms. The Morgan fingerprint density at radius 2 is 1.68 bits per heavy atom. The zero-order valence-corrected chi connectivity index (χ0v) is 21.3. The number of hydrogen-bond donors (Lipinski definition) is 0. The van der Waals surface area contributed by atoms with Gasteiger partial charge < -0.3 is 19.3 Å². The van der Waals surface area contributed by atoms with Gasteiger partial charge in [0.1, 0.15) is 0 Å². The van der Waals surface area contributed by atoms with E-state index in [9.17, 15) is 18.0 Å². The van der Waals surface area contributed by atoms with Crippen LogP contribution in [-0.4, -0.2) is 59.6 Å². The van der Waals surface area contributed by atoms with Crippen LogP contribution in [0.1, 0.15) is 38.2 Å². The van der Waals surface area contributed by atoms with Gasteiger partial charge in [-0.2, -0.15) is 13.2 Å². The molecule has 5 rings (SSSR count). The number of aryl methyl sites for hydroxylation is 1. The lowest BCUT2D eigenvalue weighted by Crippen LogP contribution is -2.51. The molecular weight excluding hydrogens is 479 g/mol. The molecule has 2 saturated heterocycles. The number of piperazine rings is 1. The van der Waals surface area contributed by atoms with Crippen LogP contribution >= 0.6 is 0 Å². The first kappa shape index (κ1) is 25.4. The van der Waals surface area contributed by atoms with E-state index in [2.05, 4.69) is 28.5 Å². The minimum Gasteiger partial charge on any atom is -0.368 e. The summed E-state index contributed by atoms with van der Waals surface area (Å²) in [6.45, 7) is 6.83. The van der Waals surface area contributed by atoms with Crippen molar-refractivity contribution in [3.63, 3.8) is 0 Å². The van der Waals surface area contributed by atoms with E-state index >= 15 is 0 Å². The standard InChI is InChI=1S/C28H34F3N5O/c1-2-3-13-36-25-10-5-4-9-24(25)32-27(36)35-14-11-21(12-15-35)26(37)34-18-16-33(17-19-34)23-8-6-7-22(20-23)28(29,30)31/h4-10,20-21H,2-3,11-19H2,1H3. The Bertz CT molecular complexity index is 1220. The highest BCUT2D eigenvalue weighted by atomic mass is 19.4. The van der Waals surface area contributed by atoms with Crippen molar-refractivity contribution in [2.75, 3.05) is 49.1 Å². The quantitative estimate of drug-likeness (QED) is 0.442. The summed E-state index contributed by atoms with van der Waals surface area (Å²) < 4.78 is 41.6. The number of amides is 1.